The average Bonchev–Trinajstić information content (AvgIpc) is 2.90. The van der Waals surface area contributed by atoms with Gasteiger partial charge in [-0.3, -0.25) is 0 Å². The molecule has 144 valence electrons. The fourth-order valence-corrected chi connectivity index (χ4v) is 4.42. The van der Waals surface area contributed by atoms with Crippen LogP contribution in [0.5, 0.6) is 0 Å². The van der Waals surface area contributed by atoms with Crippen molar-refractivity contribution in [3.63, 3.8) is 0 Å². The van der Waals surface area contributed by atoms with E-state index in [1.165, 1.54) is 6.07 Å². The Morgan fingerprint density at radius 1 is 1.19 bits per heavy atom. The summed E-state index contributed by atoms with van der Waals surface area (Å²) in [5.41, 5.74) is 2.54. The first-order valence-corrected chi connectivity index (χ1v) is 9.35. The second-order valence-electron chi connectivity index (χ2n) is 7.33. The summed E-state index contributed by atoms with van der Waals surface area (Å²) in [4.78, 5) is 1.82. The van der Waals surface area contributed by atoms with E-state index in [-0.39, 0.29) is 12.0 Å². The minimum absolute atomic E-state index is 0.0635. The maximum atomic E-state index is 13.8. The largest absolute Gasteiger partial charge is 0.418 e. The summed E-state index contributed by atoms with van der Waals surface area (Å²) in [5, 5.41) is 7.07. The van der Waals surface area contributed by atoms with Gasteiger partial charge in [0.15, 0.2) is 0 Å². The van der Waals surface area contributed by atoms with E-state index in [1.54, 1.807) is 19.2 Å². The second kappa shape index (κ2) is 6.60. The maximum Gasteiger partial charge on any atom is 0.418 e. The summed E-state index contributed by atoms with van der Waals surface area (Å²) in [6.45, 7) is 3.39. The molecule has 0 amide bonds. The molecule has 4 rings (SSSR count). The number of likely N-dealkylation sites (N-methyl/N-ethyl adjacent to an activating group) is 1. The number of hydrogen-bond donors (Lipinski definition) is 2. The first-order chi connectivity index (χ1) is 12.8. The number of halogens is 4. The third-order valence-electron chi connectivity index (χ3n) is 5.59. The van der Waals surface area contributed by atoms with E-state index >= 15 is 0 Å². The lowest BCUT2D eigenvalue weighted by Crippen LogP contribution is -2.42. The molecule has 2 heterocycles. The Kier molecular flexibility index (Phi) is 4.51. The highest BCUT2D eigenvalue weighted by atomic mass is 35.5. The molecule has 3 nitrogen and oxygen atoms in total. The van der Waals surface area contributed by atoms with Crippen LogP contribution in [0.15, 0.2) is 30.3 Å². The highest BCUT2D eigenvalue weighted by Crippen LogP contribution is 2.50. The Morgan fingerprint density at radius 3 is 2.67 bits per heavy atom. The molecule has 2 aromatic rings. The van der Waals surface area contributed by atoms with Crippen molar-refractivity contribution in [2.24, 2.45) is 0 Å². The molecule has 2 aliphatic rings. The summed E-state index contributed by atoms with van der Waals surface area (Å²) >= 11 is 6.05. The van der Waals surface area contributed by atoms with E-state index in [0.717, 1.165) is 29.8 Å². The molecule has 0 spiro atoms. The summed E-state index contributed by atoms with van der Waals surface area (Å²) < 4.78 is 41.5. The van der Waals surface area contributed by atoms with Gasteiger partial charge in [-0.1, -0.05) is 11.6 Å². The smallest absolute Gasteiger partial charge is 0.370 e. The van der Waals surface area contributed by atoms with E-state index in [9.17, 15) is 13.2 Å². The average molecular weight is 396 g/mol. The first kappa shape index (κ1) is 18.4. The highest BCUT2D eigenvalue weighted by molar-refractivity contribution is 6.31. The molecular formula is C20H21ClF3N3. The normalized spacial score (nSPS) is 21.8. The quantitative estimate of drug-likeness (QED) is 0.722. The zero-order chi connectivity index (χ0) is 19.3. The Hall–Kier alpha value is -1.92. The van der Waals surface area contributed by atoms with Gasteiger partial charge in [0, 0.05) is 41.9 Å². The Balaban J connectivity index is 1.79. The third-order valence-corrected chi connectivity index (χ3v) is 6.01. The highest BCUT2D eigenvalue weighted by Gasteiger charge is 2.45. The van der Waals surface area contributed by atoms with Crippen LogP contribution in [0, 0.1) is 6.92 Å². The number of nitrogens with zero attached hydrogens (tertiary/aromatic N) is 1. The minimum atomic E-state index is -4.41. The molecule has 0 aliphatic carbocycles. The van der Waals surface area contributed by atoms with Crippen LogP contribution >= 0.6 is 11.6 Å². The Morgan fingerprint density at radius 2 is 1.96 bits per heavy atom. The minimum Gasteiger partial charge on any atom is -0.370 e. The number of aryl methyl sites for hydroxylation is 1. The number of fused-ring (bicyclic) bond motifs is 3. The monoisotopic (exact) mass is 395 g/mol. The zero-order valence-corrected chi connectivity index (χ0v) is 15.9. The summed E-state index contributed by atoms with van der Waals surface area (Å²) in [6, 6.07) is 8.53. The van der Waals surface area contributed by atoms with Crippen LogP contribution in [0.3, 0.4) is 0 Å². The number of alkyl halides is 3. The summed E-state index contributed by atoms with van der Waals surface area (Å²) in [5.74, 6) is 0.0635. The van der Waals surface area contributed by atoms with Crippen LogP contribution in [-0.4, -0.2) is 26.2 Å². The predicted molar refractivity (Wildman–Crippen MR) is 103 cm³/mol. The van der Waals surface area contributed by atoms with Crippen molar-refractivity contribution in [3.05, 3.63) is 52.0 Å². The molecule has 1 saturated heterocycles. The summed E-state index contributed by atoms with van der Waals surface area (Å²) in [7, 11) is 1.78. The zero-order valence-electron chi connectivity index (χ0n) is 15.1. The molecule has 2 atom stereocenters. The van der Waals surface area contributed by atoms with Gasteiger partial charge in [0.25, 0.3) is 0 Å². The van der Waals surface area contributed by atoms with E-state index < -0.39 is 11.7 Å². The molecule has 27 heavy (non-hydrogen) atoms. The lowest BCUT2D eigenvalue weighted by Gasteiger charge is -2.31. The molecule has 0 aromatic heterocycles. The van der Waals surface area contributed by atoms with Crippen molar-refractivity contribution in [1.82, 2.24) is 5.32 Å². The van der Waals surface area contributed by atoms with Crippen LogP contribution in [-0.2, 0) is 6.18 Å². The first-order valence-electron chi connectivity index (χ1n) is 8.97. The number of nitrogens with one attached hydrogen (secondary N) is 2. The van der Waals surface area contributed by atoms with Crippen LogP contribution in [0.25, 0.3) is 0 Å². The molecule has 2 N–H and O–H groups in total. The number of rotatable bonds is 2. The number of anilines is 3. The molecular weight excluding hydrogens is 375 g/mol. The topological polar surface area (TPSA) is 27.3 Å². The van der Waals surface area contributed by atoms with Crippen molar-refractivity contribution in [3.8, 4) is 0 Å². The molecule has 7 heteroatoms. The predicted octanol–water partition coefficient (Wildman–Crippen LogP) is 5.31. The Bertz CT molecular complexity index is 882. The number of benzene rings is 2. The van der Waals surface area contributed by atoms with Gasteiger partial charge in [0.05, 0.1) is 11.3 Å². The molecule has 1 fully saturated rings. The van der Waals surface area contributed by atoms with Gasteiger partial charge in [-0.05, 0) is 61.3 Å². The van der Waals surface area contributed by atoms with Gasteiger partial charge in [0.1, 0.15) is 0 Å². The van der Waals surface area contributed by atoms with E-state index in [2.05, 4.69) is 10.6 Å². The standard InChI is InChI=1S/C20H21ClF3N3/c1-11-7-12(3-4-17(11)21)26-13-8-14-15-10-25-6-5-18(15)27(2)19(14)16(9-13)20(22,23)24/h3-4,7-9,15,18,25-26H,5-6,10H2,1-2H3/t15-,18?/m0/s1. The lowest BCUT2D eigenvalue weighted by molar-refractivity contribution is -0.137. The van der Waals surface area contributed by atoms with Crippen molar-refractivity contribution in [2.45, 2.75) is 31.5 Å². The van der Waals surface area contributed by atoms with Crippen LogP contribution in [0.1, 0.15) is 29.0 Å². The lowest BCUT2D eigenvalue weighted by atomic mass is 9.89. The molecule has 0 radical (unpaired) electrons. The van der Waals surface area contributed by atoms with Gasteiger partial charge in [-0.2, -0.15) is 13.2 Å². The fourth-order valence-electron chi connectivity index (χ4n) is 4.30. The number of piperidine rings is 1. The SMILES string of the molecule is Cc1cc(Nc2cc3c(c(C(F)(F)F)c2)N(C)C2CCNC[C@@H]32)ccc1Cl. The van der Waals surface area contributed by atoms with Gasteiger partial charge in [-0.15, -0.1) is 0 Å². The molecule has 0 bridgehead atoms. The molecule has 1 unspecified atom stereocenters. The van der Waals surface area contributed by atoms with Crippen LogP contribution < -0.4 is 15.5 Å². The third kappa shape index (κ3) is 3.25. The Labute approximate surface area is 161 Å². The van der Waals surface area contributed by atoms with Gasteiger partial charge in [-0.25, -0.2) is 0 Å². The van der Waals surface area contributed by atoms with E-state index in [4.69, 9.17) is 11.6 Å². The van der Waals surface area contributed by atoms with Crippen molar-refractivity contribution < 1.29 is 13.2 Å². The van der Waals surface area contributed by atoms with E-state index in [0.29, 0.717) is 22.9 Å². The molecule has 2 aromatic carbocycles. The van der Waals surface area contributed by atoms with E-state index in [1.807, 2.05) is 24.0 Å². The molecule has 2 aliphatic heterocycles. The van der Waals surface area contributed by atoms with Gasteiger partial charge >= 0.3 is 6.18 Å². The van der Waals surface area contributed by atoms with Crippen LogP contribution in [0.2, 0.25) is 5.02 Å². The van der Waals surface area contributed by atoms with Crippen molar-refractivity contribution in [2.75, 3.05) is 30.4 Å². The maximum absolute atomic E-state index is 13.8. The van der Waals surface area contributed by atoms with Gasteiger partial charge < -0.3 is 15.5 Å². The second-order valence-corrected chi connectivity index (χ2v) is 7.73. The van der Waals surface area contributed by atoms with Crippen LogP contribution in [0.4, 0.5) is 30.2 Å². The van der Waals surface area contributed by atoms with Crippen molar-refractivity contribution >= 4 is 28.7 Å². The van der Waals surface area contributed by atoms with Crippen molar-refractivity contribution in [1.29, 1.82) is 0 Å². The fraction of sp³-hybridized carbons (Fsp3) is 0.400. The van der Waals surface area contributed by atoms with Gasteiger partial charge in [0.2, 0.25) is 0 Å². The molecule has 0 saturated carbocycles. The number of hydrogen-bond acceptors (Lipinski definition) is 3. The summed E-state index contributed by atoms with van der Waals surface area (Å²) in [6.07, 6.45) is -3.57.